The van der Waals surface area contributed by atoms with Crippen molar-refractivity contribution < 1.29 is 14.4 Å². The van der Waals surface area contributed by atoms with Crippen molar-refractivity contribution in [3.63, 3.8) is 0 Å². The molecule has 1 aliphatic rings. The third-order valence-electron chi connectivity index (χ3n) is 4.72. The summed E-state index contributed by atoms with van der Waals surface area (Å²) in [5.74, 6) is -1.09. The summed E-state index contributed by atoms with van der Waals surface area (Å²) >= 11 is 0. The summed E-state index contributed by atoms with van der Waals surface area (Å²) in [7, 11) is 1.74. The standard InChI is InChI=1S/C19H22N4O3/c1-12-17(13(2)22(3)21-12)18(25)19(26)20-11-14-6-8-15(9-7-14)23-10-4-5-16(23)24/h6-9H,4-5,10-11H2,1-3H3,(H,20,26). The van der Waals surface area contributed by atoms with Gasteiger partial charge < -0.3 is 10.2 Å². The quantitative estimate of drug-likeness (QED) is 0.654. The van der Waals surface area contributed by atoms with E-state index in [0.717, 1.165) is 24.2 Å². The van der Waals surface area contributed by atoms with Crippen LogP contribution in [0.3, 0.4) is 0 Å². The molecule has 2 heterocycles. The first-order chi connectivity index (χ1) is 12.4. The second-order valence-corrected chi connectivity index (χ2v) is 6.50. The molecule has 1 aliphatic heterocycles. The van der Waals surface area contributed by atoms with Crippen LogP contribution in [0.25, 0.3) is 0 Å². The molecule has 1 saturated heterocycles. The molecule has 2 amide bonds. The van der Waals surface area contributed by atoms with E-state index in [9.17, 15) is 14.4 Å². The molecule has 7 heteroatoms. The Morgan fingerprint density at radius 2 is 1.88 bits per heavy atom. The second-order valence-electron chi connectivity index (χ2n) is 6.50. The van der Waals surface area contributed by atoms with Gasteiger partial charge in [-0.25, -0.2) is 0 Å². The van der Waals surface area contributed by atoms with Crippen LogP contribution < -0.4 is 10.2 Å². The van der Waals surface area contributed by atoms with Crippen molar-refractivity contribution >= 4 is 23.3 Å². The van der Waals surface area contributed by atoms with Crippen molar-refractivity contribution in [2.75, 3.05) is 11.4 Å². The van der Waals surface area contributed by atoms with Crippen LogP contribution in [0.4, 0.5) is 5.69 Å². The highest BCUT2D eigenvalue weighted by Gasteiger charge is 2.24. The number of benzene rings is 1. The van der Waals surface area contributed by atoms with Gasteiger partial charge in [-0.3, -0.25) is 19.1 Å². The first-order valence-electron chi connectivity index (χ1n) is 8.60. The summed E-state index contributed by atoms with van der Waals surface area (Å²) in [6.07, 6.45) is 1.47. The number of carbonyl (C=O) groups excluding carboxylic acids is 3. The number of ketones is 1. The predicted octanol–water partition coefficient (Wildman–Crippen LogP) is 1.66. The van der Waals surface area contributed by atoms with E-state index in [1.807, 2.05) is 24.3 Å². The van der Waals surface area contributed by atoms with E-state index in [-0.39, 0.29) is 12.5 Å². The SMILES string of the molecule is Cc1nn(C)c(C)c1C(=O)C(=O)NCc1ccc(N2CCCC2=O)cc1. The molecule has 0 atom stereocenters. The molecular weight excluding hydrogens is 332 g/mol. The maximum Gasteiger partial charge on any atom is 0.292 e. The molecule has 0 bridgehead atoms. The molecule has 1 aromatic carbocycles. The van der Waals surface area contributed by atoms with Crippen LogP contribution >= 0.6 is 0 Å². The van der Waals surface area contributed by atoms with Crippen LogP contribution in [0.1, 0.15) is 40.2 Å². The first kappa shape index (κ1) is 17.8. The van der Waals surface area contributed by atoms with Gasteiger partial charge in [-0.15, -0.1) is 0 Å². The molecule has 2 aromatic rings. The van der Waals surface area contributed by atoms with Crippen LogP contribution in [-0.4, -0.2) is 33.9 Å². The molecular formula is C19H22N4O3. The van der Waals surface area contributed by atoms with Gasteiger partial charge in [0.15, 0.2) is 0 Å². The van der Waals surface area contributed by atoms with Gasteiger partial charge in [0.2, 0.25) is 5.91 Å². The number of nitrogens with one attached hydrogen (secondary N) is 1. The van der Waals surface area contributed by atoms with Crippen molar-refractivity contribution in [3.8, 4) is 0 Å². The Morgan fingerprint density at radius 1 is 1.19 bits per heavy atom. The van der Waals surface area contributed by atoms with E-state index in [1.54, 1.807) is 30.5 Å². The number of nitrogens with zero attached hydrogens (tertiary/aromatic N) is 3. The molecule has 26 heavy (non-hydrogen) atoms. The Bertz CT molecular complexity index is 868. The minimum atomic E-state index is -0.650. The van der Waals surface area contributed by atoms with E-state index in [2.05, 4.69) is 10.4 Å². The van der Waals surface area contributed by atoms with Crippen LogP contribution in [0, 0.1) is 13.8 Å². The number of aromatic nitrogens is 2. The Hall–Kier alpha value is -2.96. The fraction of sp³-hybridized carbons (Fsp3) is 0.368. The lowest BCUT2D eigenvalue weighted by atomic mass is 10.1. The highest BCUT2D eigenvalue weighted by atomic mass is 16.2. The molecule has 0 saturated carbocycles. The number of Topliss-reactive ketones (excluding diaryl/α,β-unsaturated/α-hetero) is 1. The highest BCUT2D eigenvalue weighted by Crippen LogP contribution is 2.21. The van der Waals surface area contributed by atoms with Gasteiger partial charge >= 0.3 is 0 Å². The van der Waals surface area contributed by atoms with Gasteiger partial charge in [0.1, 0.15) is 0 Å². The van der Waals surface area contributed by atoms with Crippen LogP contribution in [0.2, 0.25) is 0 Å². The minimum Gasteiger partial charge on any atom is -0.345 e. The smallest absolute Gasteiger partial charge is 0.292 e. The molecule has 0 aliphatic carbocycles. The fourth-order valence-electron chi connectivity index (χ4n) is 3.19. The van der Waals surface area contributed by atoms with Gasteiger partial charge in [-0.05, 0) is 38.0 Å². The zero-order valence-electron chi connectivity index (χ0n) is 15.2. The number of aryl methyl sites for hydroxylation is 2. The largest absolute Gasteiger partial charge is 0.345 e. The Labute approximate surface area is 152 Å². The van der Waals surface area contributed by atoms with Crippen molar-refractivity contribution in [3.05, 3.63) is 46.8 Å². The third kappa shape index (κ3) is 3.37. The summed E-state index contributed by atoms with van der Waals surface area (Å²) in [6, 6.07) is 7.43. The molecule has 0 spiro atoms. The van der Waals surface area contributed by atoms with E-state index in [0.29, 0.717) is 23.4 Å². The van der Waals surface area contributed by atoms with E-state index < -0.39 is 11.7 Å². The maximum atomic E-state index is 12.4. The van der Waals surface area contributed by atoms with Crippen LogP contribution in [0.15, 0.2) is 24.3 Å². The summed E-state index contributed by atoms with van der Waals surface area (Å²) in [6.45, 7) is 4.47. The molecule has 0 unspecified atom stereocenters. The normalized spacial score (nSPS) is 14.0. The summed E-state index contributed by atoms with van der Waals surface area (Å²) < 4.78 is 1.59. The average Bonchev–Trinajstić information content (AvgIpc) is 3.15. The number of anilines is 1. The van der Waals surface area contributed by atoms with Gasteiger partial charge in [0.05, 0.1) is 11.3 Å². The maximum absolute atomic E-state index is 12.4. The number of carbonyl (C=O) groups is 3. The highest BCUT2D eigenvalue weighted by molar-refractivity contribution is 6.43. The Balaban J connectivity index is 1.62. The average molecular weight is 354 g/mol. The van der Waals surface area contributed by atoms with E-state index >= 15 is 0 Å². The first-order valence-corrected chi connectivity index (χ1v) is 8.60. The van der Waals surface area contributed by atoms with Gasteiger partial charge in [-0.1, -0.05) is 12.1 Å². The summed E-state index contributed by atoms with van der Waals surface area (Å²) in [4.78, 5) is 38.1. The van der Waals surface area contributed by atoms with Crippen LogP contribution in [0.5, 0.6) is 0 Å². The van der Waals surface area contributed by atoms with Gasteiger partial charge in [0.25, 0.3) is 11.7 Å². The number of rotatable bonds is 5. The molecule has 1 aromatic heterocycles. The van der Waals surface area contributed by atoms with Gasteiger partial charge in [-0.2, -0.15) is 5.10 Å². The summed E-state index contributed by atoms with van der Waals surface area (Å²) in [5.41, 5.74) is 3.29. The van der Waals surface area contributed by atoms with Crippen molar-refractivity contribution in [1.29, 1.82) is 0 Å². The lowest BCUT2D eigenvalue weighted by Crippen LogP contribution is -2.31. The minimum absolute atomic E-state index is 0.138. The molecule has 1 fully saturated rings. The lowest BCUT2D eigenvalue weighted by molar-refractivity contribution is -0.117. The number of hydrogen-bond donors (Lipinski definition) is 1. The van der Waals surface area contributed by atoms with Crippen LogP contribution in [-0.2, 0) is 23.2 Å². The Kier molecular flexibility index (Phi) is 4.88. The second kappa shape index (κ2) is 7.11. The zero-order valence-corrected chi connectivity index (χ0v) is 15.2. The molecule has 136 valence electrons. The Morgan fingerprint density at radius 3 is 2.42 bits per heavy atom. The topological polar surface area (TPSA) is 84.3 Å². The molecule has 1 N–H and O–H groups in total. The monoisotopic (exact) mass is 354 g/mol. The molecule has 7 nitrogen and oxygen atoms in total. The number of amides is 2. The van der Waals surface area contributed by atoms with Crippen molar-refractivity contribution in [2.45, 2.75) is 33.2 Å². The fourth-order valence-corrected chi connectivity index (χ4v) is 3.19. The van der Waals surface area contributed by atoms with E-state index in [4.69, 9.17) is 0 Å². The predicted molar refractivity (Wildman–Crippen MR) is 96.9 cm³/mol. The lowest BCUT2D eigenvalue weighted by Gasteiger charge is -2.16. The number of hydrogen-bond acceptors (Lipinski definition) is 4. The van der Waals surface area contributed by atoms with E-state index in [1.165, 1.54) is 0 Å². The van der Waals surface area contributed by atoms with Gasteiger partial charge in [0, 0.05) is 37.9 Å². The zero-order chi connectivity index (χ0) is 18.8. The summed E-state index contributed by atoms with van der Waals surface area (Å²) in [5, 5.41) is 6.82. The van der Waals surface area contributed by atoms with Crippen molar-refractivity contribution in [1.82, 2.24) is 15.1 Å². The molecule has 3 rings (SSSR count). The third-order valence-corrected chi connectivity index (χ3v) is 4.72. The molecule has 0 radical (unpaired) electrons. The van der Waals surface area contributed by atoms with Crippen molar-refractivity contribution in [2.24, 2.45) is 7.05 Å².